The number of aromatic nitrogens is 4. The molecule has 0 bridgehead atoms. The number of nitrogens with one attached hydrogen (secondary N) is 2. The number of rotatable bonds is 2. The molecule has 10 nitrogen and oxygen atoms in total. The zero-order valence-electron chi connectivity index (χ0n) is 9.48. The second-order valence-corrected chi connectivity index (χ2v) is 3.88. The van der Waals surface area contributed by atoms with Crippen LogP contribution >= 0.6 is 0 Å². The van der Waals surface area contributed by atoms with Crippen molar-refractivity contribution in [2.45, 2.75) is 0 Å². The Kier molecular flexibility index (Phi) is 2.39. The van der Waals surface area contributed by atoms with Crippen LogP contribution < -0.4 is 41.3 Å². The van der Waals surface area contributed by atoms with E-state index < -0.39 is 0 Å². The van der Waals surface area contributed by atoms with Gasteiger partial charge in [-0.15, -0.1) is 0 Å². The van der Waals surface area contributed by atoms with Crippen LogP contribution in [0.25, 0.3) is 0 Å². The Labute approximate surface area is 100 Å². The molecule has 96 valence electrons. The molecule has 0 unspecified atom stereocenters. The molecular formula is C8H12N8O2. The average Bonchev–Trinajstić information content (AvgIpc) is 2.98. The number of piperazine rings is 1. The SMILES string of the molecule is N=c1c[n+](N2CCN([n+]3cc(=N)o[n-]3)CC2)[n-]o1. The summed E-state index contributed by atoms with van der Waals surface area (Å²) in [4.78, 5) is 3.06. The smallest absolute Gasteiger partial charge is 0.286 e. The van der Waals surface area contributed by atoms with Gasteiger partial charge < -0.3 is 9.05 Å². The van der Waals surface area contributed by atoms with E-state index >= 15 is 0 Å². The first-order chi connectivity index (χ1) is 8.72. The zero-order chi connectivity index (χ0) is 12.5. The third kappa shape index (κ3) is 1.87. The molecule has 3 heterocycles. The lowest BCUT2D eigenvalue weighted by molar-refractivity contribution is -0.779. The molecule has 0 aromatic carbocycles. The molecule has 1 saturated heterocycles. The van der Waals surface area contributed by atoms with E-state index in [4.69, 9.17) is 19.9 Å². The molecule has 1 fully saturated rings. The zero-order valence-corrected chi connectivity index (χ0v) is 9.48. The van der Waals surface area contributed by atoms with E-state index in [1.54, 1.807) is 0 Å². The van der Waals surface area contributed by atoms with Crippen molar-refractivity contribution in [3.8, 4) is 0 Å². The normalized spacial score (nSPS) is 16.2. The molecule has 0 amide bonds. The molecule has 2 aromatic heterocycles. The van der Waals surface area contributed by atoms with Crippen molar-refractivity contribution in [3.05, 3.63) is 23.5 Å². The first-order valence-corrected chi connectivity index (χ1v) is 5.43. The summed E-state index contributed by atoms with van der Waals surface area (Å²) >= 11 is 0. The monoisotopic (exact) mass is 252 g/mol. The number of nitrogens with zero attached hydrogens (tertiary/aromatic N) is 6. The topological polar surface area (TPSA) is 116 Å². The van der Waals surface area contributed by atoms with Gasteiger partial charge in [0.05, 0.1) is 0 Å². The van der Waals surface area contributed by atoms with Crippen LogP contribution in [-0.4, -0.2) is 26.2 Å². The van der Waals surface area contributed by atoms with Gasteiger partial charge in [0.25, 0.3) is 23.5 Å². The lowest BCUT2D eigenvalue weighted by Gasteiger charge is -2.35. The van der Waals surface area contributed by atoms with Gasteiger partial charge in [-0.25, -0.2) is 0 Å². The largest absolute Gasteiger partial charge is 0.380 e. The Morgan fingerprint density at radius 1 is 0.889 bits per heavy atom. The van der Waals surface area contributed by atoms with Gasteiger partial charge in [-0.2, -0.15) is 0 Å². The molecule has 2 N–H and O–H groups in total. The van der Waals surface area contributed by atoms with E-state index in [2.05, 4.69) is 10.5 Å². The summed E-state index contributed by atoms with van der Waals surface area (Å²) in [6, 6.07) is 0. The molecule has 1 aliphatic rings. The molecule has 10 heteroatoms. The van der Waals surface area contributed by atoms with Gasteiger partial charge in [0.15, 0.2) is 0 Å². The van der Waals surface area contributed by atoms with Crippen molar-refractivity contribution in [2.75, 3.05) is 36.2 Å². The third-order valence-corrected chi connectivity index (χ3v) is 2.72. The Balaban J connectivity index is 1.68. The van der Waals surface area contributed by atoms with Crippen LogP contribution in [0.3, 0.4) is 0 Å². The van der Waals surface area contributed by atoms with Crippen LogP contribution in [0.4, 0.5) is 0 Å². The summed E-state index contributed by atoms with van der Waals surface area (Å²) in [6.45, 7) is 2.85. The second-order valence-electron chi connectivity index (χ2n) is 3.88. The molecule has 0 atom stereocenters. The van der Waals surface area contributed by atoms with Gasteiger partial charge in [-0.05, 0) is 10.5 Å². The maximum absolute atomic E-state index is 7.28. The molecule has 18 heavy (non-hydrogen) atoms. The summed E-state index contributed by atoms with van der Waals surface area (Å²) in [7, 11) is 0. The summed E-state index contributed by atoms with van der Waals surface area (Å²) in [6.07, 6.45) is 3.03. The van der Waals surface area contributed by atoms with Gasteiger partial charge in [-0.1, -0.05) is 9.58 Å². The van der Waals surface area contributed by atoms with E-state index in [1.165, 1.54) is 22.0 Å². The first kappa shape index (κ1) is 10.6. The fraction of sp³-hybridized carbons (Fsp3) is 0.500. The van der Waals surface area contributed by atoms with Crippen LogP contribution in [0.2, 0.25) is 0 Å². The molecule has 0 radical (unpaired) electrons. The van der Waals surface area contributed by atoms with Crippen molar-refractivity contribution in [1.82, 2.24) is 10.5 Å². The molecule has 0 spiro atoms. The lowest BCUT2D eigenvalue weighted by atomic mass is 10.4. The third-order valence-electron chi connectivity index (χ3n) is 2.72. The van der Waals surface area contributed by atoms with E-state index in [9.17, 15) is 0 Å². The Bertz CT molecular complexity index is 571. The van der Waals surface area contributed by atoms with Crippen molar-refractivity contribution < 1.29 is 18.6 Å². The molecule has 3 rings (SSSR count). The minimum Gasteiger partial charge on any atom is -0.380 e. The highest BCUT2D eigenvalue weighted by Crippen LogP contribution is 1.89. The highest BCUT2D eigenvalue weighted by atomic mass is 16.5. The molecule has 2 aromatic rings. The minimum absolute atomic E-state index is 0.0298. The Morgan fingerprint density at radius 3 is 1.56 bits per heavy atom. The quantitative estimate of drug-likeness (QED) is 0.525. The fourth-order valence-corrected chi connectivity index (χ4v) is 1.84. The van der Waals surface area contributed by atoms with Gasteiger partial charge in [0, 0.05) is 26.2 Å². The standard InChI is InChI=1S/C8H12N8O2/c9-7-5-15(11-17-7)13-1-2-14(4-3-13)16-6-8(10)18-12-16/h5-6,9-10H,1-4H2. The van der Waals surface area contributed by atoms with E-state index in [0.29, 0.717) is 26.2 Å². The van der Waals surface area contributed by atoms with E-state index in [-0.39, 0.29) is 11.1 Å². The lowest BCUT2D eigenvalue weighted by Crippen LogP contribution is -2.73. The second kappa shape index (κ2) is 4.05. The predicted octanol–water partition coefficient (Wildman–Crippen LogP) is -4.09. The fourth-order valence-electron chi connectivity index (χ4n) is 1.84. The van der Waals surface area contributed by atoms with Crippen LogP contribution in [0.15, 0.2) is 21.4 Å². The maximum Gasteiger partial charge on any atom is 0.286 e. The highest BCUT2D eigenvalue weighted by Gasteiger charge is 2.18. The molecule has 1 aliphatic heterocycles. The van der Waals surface area contributed by atoms with E-state index in [1.807, 2.05) is 10.0 Å². The highest BCUT2D eigenvalue weighted by molar-refractivity contribution is 4.87. The first-order valence-electron chi connectivity index (χ1n) is 5.43. The van der Waals surface area contributed by atoms with Crippen molar-refractivity contribution >= 4 is 0 Å². The Hall–Kier alpha value is -2.52. The van der Waals surface area contributed by atoms with Gasteiger partial charge in [0.1, 0.15) is 0 Å². The van der Waals surface area contributed by atoms with Gasteiger partial charge in [-0.3, -0.25) is 20.8 Å². The van der Waals surface area contributed by atoms with Gasteiger partial charge >= 0.3 is 0 Å². The van der Waals surface area contributed by atoms with E-state index in [0.717, 1.165) is 0 Å². The number of hydrogen-bond acceptors (Lipinski definition) is 6. The van der Waals surface area contributed by atoms with Crippen LogP contribution in [0, 0.1) is 10.8 Å². The van der Waals surface area contributed by atoms with Crippen molar-refractivity contribution in [1.29, 1.82) is 10.8 Å². The summed E-state index contributed by atoms with van der Waals surface area (Å²) in [5.41, 5.74) is 0.0595. The van der Waals surface area contributed by atoms with Gasteiger partial charge in [0.2, 0.25) is 0 Å². The summed E-state index contributed by atoms with van der Waals surface area (Å²) < 4.78 is 9.40. The number of hydrogen-bond donors (Lipinski definition) is 2. The van der Waals surface area contributed by atoms with Crippen molar-refractivity contribution in [2.24, 2.45) is 0 Å². The van der Waals surface area contributed by atoms with Crippen LogP contribution in [-0.2, 0) is 0 Å². The summed E-state index contributed by atoms with van der Waals surface area (Å²) in [5.74, 6) is 0. The predicted molar refractivity (Wildman–Crippen MR) is 52.1 cm³/mol. The maximum atomic E-state index is 7.28. The molecule has 0 saturated carbocycles. The Morgan fingerprint density at radius 2 is 1.28 bits per heavy atom. The average molecular weight is 252 g/mol. The molecule has 0 aliphatic carbocycles. The van der Waals surface area contributed by atoms with Crippen molar-refractivity contribution in [3.63, 3.8) is 0 Å². The molecular weight excluding hydrogens is 240 g/mol. The summed E-state index contributed by atoms with van der Waals surface area (Å²) in [5, 5.41) is 25.9. The van der Waals surface area contributed by atoms with Crippen LogP contribution in [0.5, 0.6) is 0 Å². The minimum atomic E-state index is 0.0298. The van der Waals surface area contributed by atoms with Crippen LogP contribution in [0.1, 0.15) is 0 Å².